The lowest BCUT2D eigenvalue weighted by atomic mass is 9.95. The molecule has 1 aliphatic rings. The zero-order valence-corrected chi connectivity index (χ0v) is 9.54. The van der Waals surface area contributed by atoms with E-state index in [0.717, 1.165) is 0 Å². The molecular weight excluding hydrogens is 224 g/mol. The van der Waals surface area contributed by atoms with Crippen LogP contribution in [0.15, 0.2) is 35.2 Å². The van der Waals surface area contributed by atoms with Gasteiger partial charge in [-0.3, -0.25) is 13.8 Å². The van der Waals surface area contributed by atoms with Crippen molar-refractivity contribution in [3.8, 4) is 0 Å². The van der Waals surface area contributed by atoms with Crippen molar-refractivity contribution in [1.29, 1.82) is 0 Å². The van der Waals surface area contributed by atoms with Crippen molar-refractivity contribution in [1.82, 2.24) is 0 Å². The number of ketones is 2. The molecule has 0 N–H and O–H groups in total. The third-order valence-corrected chi connectivity index (χ3v) is 3.75. The van der Waals surface area contributed by atoms with Gasteiger partial charge in [-0.25, -0.2) is 0 Å². The molecule has 1 atom stereocenters. The van der Waals surface area contributed by atoms with Crippen molar-refractivity contribution in [2.24, 2.45) is 0 Å². The zero-order valence-electron chi connectivity index (χ0n) is 8.73. The highest BCUT2D eigenvalue weighted by molar-refractivity contribution is 7.90. The van der Waals surface area contributed by atoms with E-state index in [-0.39, 0.29) is 16.5 Å². The molecule has 0 saturated heterocycles. The predicted molar refractivity (Wildman–Crippen MR) is 61.9 cm³/mol. The minimum atomic E-state index is -1.38. The quantitative estimate of drug-likeness (QED) is 0.782. The van der Waals surface area contributed by atoms with Gasteiger partial charge in [0.1, 0.15) is 0 Å². The fourth-order valence-corrected chi connectivity index (χ4v) is 2.48. The molecule has 1 unspecified atom stereocenters. The molecule has 0 heterocycles. The van der Waals surface area contributed by atoms with Crippen LogP contribution >= 0.6 is 0 Å². The average molecular weight is 234 g/mol. The van der Waals surface area contributed by atoms with Crippen molar-refractivity contribution in [3.63, 3.8) is 0 Å². The van der Waals surface area contributed by atoms with Crippen LogP contribution < -0.4 is 0 Å². The van der Waals surface area contributed by atoms with E-state index in [4.69, 9.17) is 0 Å². The second-order valence-corrected chi connectivity index (χ2v) is 5.09. The second-order valence-electron chi connectivity index (χ2n) is 3.38. The first-order valence-corrected chi connectivity index (χ1v) is 6.25. The molecular formula is C12H10O3S. The molecule has 4 heteroatoms. The van der Waals surface area contributed by atoms with Gasteiger partial charge in [-0.15, -0.1) is 0 Å². The van der Waals surface area contributed by atoms with E-state index < -0.39 is 10.8 Å². The molecule has 1 aromatic carbocycles. The molecule has 0 radical (unpaired) electrons. The largest absolute Gasteiger partial charge is 0.289 e. The molecule has 0 spiro atoms. The summed E-state index contributed by atoms with van der Waals surface area (Å²) in [5.41, 5.74) is 0.746. The van der Waals surface area contributed by atoms with E-state index in [1.54, 1.807) is 31.2 Å². The van der Waals surface area contributed by atoms with E-state index in [2.05, 4.69) is 0 Å². The number of Topliss-reactive ketones (excluding diaryl/α,β-unsaturated/α-hetero) is 1. The number of hydrogen-bond acceptors (Lipinski definition) is 3. The van der Waals surface area contributed by atoms with Gasteiger partial charge < -0.3 is 0 Å². The Morgan fingerprint density at radius 3 is 2.38 bits per heavy atom. The first kappa shape index (κ1) is 11.0. The molecule has 1 aromatic rings. The zero-order chi connectivity index (χ0) is 11.7. The molecule has 1 aliphatic carbocycles. The first-order chi connectivity index (χ1) is 7.65. The molecule has 0 bridgehead atoms. The van der Waals surface area contributed by atoms with Crippen LogP contribution in [0.2, 0.25) is 0 Å². The number of benzene rings is 1. The van der Waals surface area contributed by atoms with Gasteiger partial charge in [0.25, 0.3) is 0 Å². The monoisotopic (exact) mass is 234 g/mol. The van der Waals surface area contributed by atoms with Crippen LogP contribution in [0, 0.1) is 0 Å². The Balaban J connectivity index is 2.56. The van der Waals surface area contributed by atoms with E-state index in [1.807, 2.05) is 0 Å². The van der Waals surface area contributed by atoms with Gasteiger partial charge in [0.15, 0.2) is 5.78 Å². The van der Waals surface area contributed by atoms with E-state index in [1.165, 1.54) is 6.08 Å². The highest BCUT2D eigenvalue weighted by Crippen LogP contribution is 2.22. The summed E-state index contributed by atoms with van der Waals surface area (Å²) in [4.78, 5) is 23.8. The Morgan fingerprint density at radius 2 is 1.75 bits per heavy atom. The summed E-state index contributed by atoms with van der Waals surface area (Å²) < 4.78 is 11.6. The third kappa shape index (κ3) is 1.65. The minimum absolute atomic E-state index is 0.117. The maximum atomic E-state index is 11.9. The SMILES string of the molecule is CCS(=O)C1=CC(=O)c2ccccc2C1=O. The number of rotatable bonds is 2. The van der Waals surface area contributed by atoms with Gasteiger partial charge in [-0.05, 0) is 0 Å². The van der Waals surface area contributed by atoms with E-state index in [0.29, 0.717) is 16.9 Å². The first-order valence-electron chi connectivity index (χ1n) is 4.93. The van der Waals surface area contributed by atoms with Crippen LogP contribution in [0.25, 0.3) is 0 Å². The summed E-state index contributed by atoms with van der Waals surface area (Å²) >= 11 is 0. The third-order valence-electron chi connectivity index (χ3n) is 2.43. The smallest absolute Gasteiger partial charge is 0.202 e. The van der Waals surface area contributed by atoms with Crippen LogP contribution in [-0.2, 0) is 10.8 Å². The average Bonchev–Trinajstić information content (AvgIpc) is 2.33. The number of fused-ring (bicyclic) bond motifs is 1. The topological polar surface area (TPSA) is 51.2 Å². The number of hydrogen-bond donors (Lipinski definition) is 0. The number of carbonyl (C=O) groups is 2. The summed E-state index contributed by atoms with van der Waals surface area (Å²) in [6.07, 6.45) is 1.20. The summed E-state index contributed by atoms with van der Waals surface area (Å²) in [5, 5.41) is 0. The fourth-order valence-electron chi connectivity index (χ4n) is 1.62. The Morgan fingerprint density at radius 1 is 1.12 bits per heavy atom. The summed E-state index contributed by atoms with van der Waals surface area (Å²) in [6, 6.07) is 6.61. The molecule has 3 nitrogen and oxygen atoms in total. The lowest BCUT2D eigenvalue weighted by Crippen LogP contribution is -2.20. The lowest BCUT2D eigenvalue weighted by Gasteiger charge is -2.13. The van der Waals surface area contributed by atoms with Crippen molar-refractivity contribution in [2.45, 2.75) is 6.92 Å². The predicted octanol–water partition coefficient (Wildman–Crippen LogP) is 1.72. The van der Waals surface area contributed by atoms with Crippen LogP contribution in [-0.4, -0.2) is 21.5 Å². The van der Waals surface area contributed by atoms with E-state index >= 15 is 0 Å². The van der Waals surface area contributed by atoms with Crippen LogP contribution in [0.3, 0.4) is 0 Å². The Kier molecular flexibility index (Phi) is 2.83. The van der Waals surface area contributed by atoms with Gasteiger partial charge in [0, 0.05) is 23.0 Å². The molecule has 0 amide bonds. The standard InChI is InChI=1S/C12H10O3S/c1-2-16(15)11-7-10(13)8-5-3-4-6-9(8)12(11)14/h3-7H,2H2,1H3. The molecule has 0 aromatic heterocycles. The molecule has 0 fully saturated rings. The highest BCUT2D eigenvalue weighted by atomic mass is 32.2. The Labute approximate surface area is 95.6 Å². The molecule has 16 heavy (non-hydrogen) atoms. The molecule has 0 aliphatic heterocycles. The van der Waals surface area contributed by atoms with Crippen LogP contribution in [0.4, 0.5) is 0 Å². The van der Waals surface area contributed by atoms with Gasteiger partial charge in [0.05, 0.1) is 15.7 Å². The Bertz CT molecular complexity index is 529. The minimum Gasteiger partial charge on any atom is -0.289 e. The molecule has 0 saturated carbocycles. The molecule has 2 rings (SSSR count). The highest BCUT2D eigenvalue weighted by Gasteiger charge is 2.27. The van der Waals surface area contributed by atoms with Crippen LogP contribution in [0.1, 0.15) is 27.6 Å². The maximum absolute atomic E-state index is 11.9. The summed E-state index contributed by atoms with van der Waals surface area (Å²) in [6.45, 7) is 1.72. The fraction of sp³-hybridized carbons (Fsp3) is 0.167. The normalized spacial score (nSPS) is 16.7. The van der Waals surface area contributed by atoms with Gasteiger partial charge in [0.2, 0.25) is 5.78 Å². The Hall–Kier alpha value is -1.55. The van der Waals surface area contributed by atoms with Gasteiger partial charge in [-0.2, -0.15) is 0 Å². The van der Waals surface area contributed by atoms with Gasteiger partial charge >= 0.3 is 0 Å². The van der Waals surface area contributed by atoms with Gasteiger partial charge in [-0.1, -0.05) is 31.2 Å². The summed E-state index contributed by atoms with van der Waals surface area (Å²) in [5.74, 6) is -0.199. The van der Waals surface area contributed by atoms with E-state index in [9.17, 15) is 13.8 Å². The van der Waals surface area contributed by atoms with Crippen molar-refractivity contribution in [2.75, 3.05) is 5.75 Å². The number of carbonyl (C=O) groups excluding carboxylic acids is 2. The second kappa shape index (κ2) is 4.14. The lowest BCUT2D eigenvalue weighted by molar-refractivity contribution is 0.0990. The maximum Gasteiger partial charge on any atom is 0.202 e. The number of allylic oxidation sites excluding steroid dienone is 2. The van der Waals surface area contributed by atoms with Crippen LogP contribution in [0.5, 0.6) is 0 Å². The van der Waals surface area contributed by atoms with Crippen molar-refractivity contribution >= 4 is 22.4 Å². The molecule has 82 valence electrons. The summed E-state index contributed by atoms with van der Waals surface area (Å²) in [7, 11) is -1.38. The van der Waals surface area contributed by atoms with Crippen molar-refractivity contribution < 1.29 is 13.8 Å². The van der Waals surface area contributed by atoms with Crippen molar-refractivity contribution in [3.05, 3.63) is 46.4 Å².